The molecule has 1 N–H and O–H groups in total. The summed E-state index contributed by atoms with van der Waals surface area (Å²) in [6, 6.07) is 4.75. The molecule has 2 aromatic heterocycles. The van der Waals surface area contributed by atoms with Crippen LogP contribution in [-0.2, 0) is 25.4 Å². The molecular weight excluding hydrogens is 274 g/mol. The average Bonchev–Trinajstić information content (AvgIpc) is 2.98. The smallest absolute Gasteiger partial charge is 0.330 e. The second kappa shape index (κ2) is 6.08. The van der Waals surface area contributed by atoms with Gasteiger partial charge in [0.15, 0.2) is 0 Å². The molecule has 0 aliphatic carbocycles. The first-order chi connectivity index (χ1) is 9.99. The van der Waals surface area contributed by atoms with Gasteiger partial charge in [-0.05, 0) is 18.2 Å². The maximum Gasteiger partial charge on any atom is 0.330 e. The largest absolute Gasteiger partial charge is 0.465 e. The van der Waals surface area contributed by atoms with Crippen LogP contribution in [0, 0.1) is 0 Å². The van der Waals surface area contributed by atoms with Gasteiger partial charge in [-0.2, -0.15) is 0 Å². The van der Waals surface area contributed by atoms with Crippen molar-refractivity contribution in [2.75, 3.05) is 0 Å². The minimum absolute atomic E-state index is 0.0865. The summed E-state index contributed by atoms with van der Waals surface area (Å²) in [6.45, 7) is 0.0865. The highest BCUT2D eigenvalue weighted by molar-refractivity contribution is 5.91. The van der Waals surface area contributed by atoms with Crippen molar-refractivity contribution in [2.24, 2.45) is 14.1 Å². The lowest BCUT2D eigenvalue weighted by molar-refractivity contribution is -0.116. The van der Waals surface area contributed by atoms with E-state index in [9.17, 15) is 14.4 Å². The van der Waals surface area contributed by atoms with E-state index < -0.39 is 11.2 Å². The van der Waals surface area contributed by atoms with Crippen LogP contribution >= 0.6 is 0 Å². The number of carbonyl (C=O) groups excluding carboxylic acids is 1. The van der Waals surface area contributed by atoms with Crippen molar-refractivity contribution < 1.29 is 9.21 Å². The van der Waals surface area contributed by atoms with Crippen molar-refractivity contribution in [2.45, 2.75) is 6.54 Å². The monoisotopic (exact) mass is 289 g/mol. The Hall–Kier alpha value is -2.83. The molecule has 0 unspecified atom stereocenters. The third kappa shape index (κ3) is 3.38. The van der Waals surface area contributed by atoms with Gasteiger partial charge in [-0.15, -0.1) is 0 Å². The molecule has 110 valence electrons. The van der Waals surface area contributed by atoms with Crippen molar-refractivity contribution >= 4 is 12.0 Å². The van der Waals surface area contributed by atoms with Gasteiger partial charge in [0.25, 0.3) is 5.56 Å². The Morgan fingerprint density at radius 2 is 2.10 bits per heavy atom. The van der Waals surface area contributed by atoms with Crippen LogP contribution in [0.5, 0.6) is 0 Å². The van der Waals surface area contributed by atoms with Crippen LogP contribution in [0.15, 0.2) is 44.5 Å². The van der Waals surface area contributed by atoms with Crippen LogP contribution in [0.4, 0.5) is 0 Å². The van der Waals surface area contributed by atoms with Crippen LogP contribution in [0.25, 0.3) is 6.08 Å². The lowest BCUT2D eigenvalue weighted by Crippen LogP contribution is -2.39. The Bertz CT molecular complexity index is 782. The third-order valence-electron chi connectivity index (χ3n) is 3.01. The quantitative estimate of drug-likeness (QED) is 0.803. The number of hydrogen-bond donors (Lipinski definition) is 1. The first-order valence-corrected chi connectivity index (χ1v) is 6.24. The number of furan rings is 1. The van der Waals surface area contributed by atoms with Crippen LogP contribution < -0.4 is 16.6 Å². The first-order valence-electron chi connectivity index (χ1n) is 6.24. The Morgan fingerprint density at radius 3 is 2.76 bits per heavy atom. The van der Waals surface area contributed by atoms with Gasteiger partial charge in [0.2, 0.25) is 5.91 Å². The van der Waals surface area contributed by atoms with Gasteiger partial charge in [0, 0.05) is 31.9 Å². The van der Waals surface area contributed by atoms with Crippen molar-refractivity contribution in [1.29, 1.82) is 0 Å². The topological polar surface area (TPSA) is 86.2 Å². The SMILES string of the molecule is Cn1c(CNC(=O)/C=C/c2ccco2)cc(=O)n(C)c1=O. The fraction of sp³-hybridized carbons (Fsp3) is 0.214. The molecule has 0 aliphatic heterocycles. The predicted molar refractivity (Wildman–Crippen MR) is 76.5 cm³/mol. The molecule has 0 saturated heterocycles. The van der Waals surface area contributed by atoms with Crippen molar-refractivity contribution in [3.63, 3.8) is 0 Å². The number of hydrogen-bond acceptors (Lipinski definition) is 4. The molecule has 0 fully saturated rings. The summed E-state index contributed by atoms with van der Waals surface area (Å²) in [5.41, 5.74) is -0.408. The van der Waals surface area contributed by atoms with Gasteiger partial charge in [-0.3, -0.25) is 18.7 Å². The van der Waals surface area contributed by atoms with E-state index in [2.05, 4.69) is 5.32 Å². The number of rotatable bonds is 4. The Morgan fingerprint density at radius 1 is 1.33 bits per heavy atom. The van der Waals surface area contributed by atoms with Gasteiger partial charge >= 0.3 is 5.69 Å². The zero-order valence-electron chi connectivity index (χ0n) is 11.7. The zero-order chi connectivity index (χ0) is 15.4. The number of aromatic nitrogens is 2. The molecule has 2 rings (SSSR count). The van der Waals surface area contributed by atoms with Crippen LogP contribution in [0.1, 0.15) is 11.5 Å². The highest BCUT2D eigenvalue weighted by Crippen LogP contribution is 2.01. The molecule has 0 spiro atoms. The van der Waals surface area contributed by atoms with E-state index in [0.29, 0.717) is 11.5 Å². The predicted octanol–water partition coefficient (Wildman–Crippen LogP) is 0.00660. The van der Waals surface area contributed by atoms with E-state index in [0.717, 1.165) is 4.57 Å². The third-order valence-corrected chi connectivity index (χ3v) is 3.01. The Kier molecular flexibility index (Phi) is 4.22. The first kappa shape index (κ1) is 14.6. The number of nitrogens with zero attached hydrogens (tertiary/aromatic N) is 2. The Balaban J connectivity index is 2.05. The lowest BCUT2D eigenvalue weighted by atomic mass is 10.3. The molecule has 21 heavy (non-hydrogen) atoms. The summed E-state index contributed by atoms with van der Waals surface area (Å²) in [4.78, 5) is 34.9. The van der Waals surface area contributed by atoms with E-state index in [1.165, 1.54) is 36.1 Å². The second-order valence-electron chi connectivity index (χ2n) is 4.44. The zero-order valence-corrected chi connectivity index (χ0v) is 11.7. The van der Waals surface area contributed by atoms with E-state index in [-0.39, 0.29) is 12.5 Å². The second-order valence-corrected chi connectivity index (χ2v) is 4.44. The van der Waals surface area contributed by atoms with E-state index in [4.69, 9.17) is 4.42 Å². The van der Waals surface area contributed by atoms with Crippen LogP contribution in [-0.4, -0.2) is 15.0 Å². The highest BCUT2D eigenvalue weighted by Gasteiger charge is 2.06. The maximum absolute atomic E-state index is 11.7. The van der Waals surface area contributed by atoms with Gasteiger partial charge in [-0.1, -0.05) is 0 Å². The number of amides is 1. The molecule has 7 nitrogen and oxygen atoms in total. The summed E-state index contributed by atoms with van der Waals surface area (Å²) in [5.74, 6) is 0.214. The number of nitrogens with one attached hydrogen (secondary N) is 1. The fourth-order valence-electron chi connectivity index (χ4n) is 1.73. The molecule has 2 heterocycles. The van der Waals surface area contributed by atoms with Crippen LogP contribution in [0.3, 0.4) is 0 Å². The highest BCUT2D eigenvalue weighted by atomic mass is 16.3. The summed E-state index contributed by atoms with van der Waals surface area (Å²) >= 11 is 0. The summed E-state index contributed by atoms with van der Waals surface area (Å²) < 4.78 is 7.37. The molecule has 0 radical (unpaired) electrons. The summed E-state index contributed by atoms with van der Waals surface area (Å²) in [5, 5.41) is 2.60. The van der Waals surface area contributed by atoms with Crippen molar-refractivity contribution in [3.05, 3.63) is 62.8 Å². The molecule has 0 saturated carbocycles. The minimum Gasteiger partial charge on any atom is -0.465 e. The minimum atomic E-state index is -0.433. The van der Waals surface area contributed by atoms with Gasteiger partial charge in [0.1, 0.15) is 5.76 Å². The molecule has 0 atom stereocenters. The summed E-state index contributed by atoms with van der Waals surface area (Å²) in [6.07, 6.45) is 4.35. The van der Waals surface area contributed by atoms with E-state index in [1.807, 2.05) is 0 Å². The molecule has 1 amide bonds. The van der Waals surface area contributed by atoms with Crippen LogP contribution in [0.2, 0.25) is 0 Å². The van der Waals surface area contributed by atoms with Crippen molar-refractivity contribution in [1.82, 2.24) is 14.5 Å². The summed E-state index contributed by atoms with van der Waals surface area (Å²) in [7, 11) is 2.95. The lowest BCUT2D eigenvalue weighted by Gasteiger charge is -2.09. The Labute approximate surface area is 120 Å². The van der Waals surface area contributed by atoms with E-state index in [1.54, 1.807) is 19.2 Å². The van der Waals surface area contributed by atoms with Gasteiger partial charge in [-0.25, -0.2) is 4.79 Å². The van der Waals surface area contributed by atoms with Gasteiger partial charge in [0.05, 0.1) is 12.8 Å². The standard InChI is InChI=1S/C14H15N3O4/c1-16-10(8-13(19)17(2)14(16)20)9-15-12(18)6-5-11-4-3-7-21-11/h3-8H,9H2,1-2H3,(H,15,18)/b6-5+. The average molecular weight is 289 g/mol. The molecule has 0 aliphatic rings. The van der Waals surface area contributed by atoms with E-state index >= 15 is 0 Å². The molecule has 0 bridgehead atoms. The van der Waals surface area contributed by atoms with Gasteiger partial charge < -0.3 is 9.73 Å². The normalized spacial score (nSPS) is 11.0. The maximum atomic E-state index is 11.7. The molecular formula is C14H15N3O4. The van der Waals surface area contributed by atoms with Crippen molar-refractivity contribution in [3.8, 4) is 0 Å². The molecule has 2 aromatic rings. The molecule has 7 heteroatoms. The number of carbonyl (C=O) groups is 1. The molecule has 0 aromatic carbocycles. The fourth-order valence-corrected chi connectivity index (χ4v) is 1.73.